The zero-order valence-corrected chi connectivity index (χ0v) is 12.3. The molecule has 2 rings (SSSR count). The van der Waals surface area contributed by atoms with Gasteiger partial charge in [0.05, 0.1) is 0 Å². The normalized spacial score (nSPS) is 17.8. The van der Waals surface area contributed by atoms with Crippen molar-refractivity contribution in [2.45, 2.75) is 26.2 Å². The van der Waals surface area contributed by atoms with Crippen molar-refractivity contribution in [1.29, 1.82) is 0 Å². The lowest BCUT2D eigenvalue weighted by Crippen LogP contribution is -2.26. The van der Waals surface area contributed by atoms with Gasteiger partial charge in [0.1, 0.15) is 0 Å². The number of aryl methyl sites for hydroxylation is 1. The van der Waals surface area contributed by atoms with Crippen molar-refractivity contribution in [3.63, 3.8) is 0 Å². The molecule has 2 N–H and O–H groups in total. The highest BCUT2D eigenvalue weighted by molar-refractivity contribution is 5.94. The number of nitrogens with one attached hydrogen (secondary N) is 2. The van der Waals surface area contributed by atoms with Crippen molar-refractivity contribution in [1.82, 2.24) is 10.6 Å². The standard InChI is InChI=1S/C15H22N2O.ClH/c1-2-12-3-5-14(6-4-12)15(18)17-10-8-13-7-9-16-11-13;/h3-6,13,16H,2,7-11H2,1H3,(H,17,18);1H. The quantitative estimate of drug-likeness (QED) is 0.871. The molecule has 3 nitrogen and oxygen atoms in total. The molecule has 0 saturated carbocycles. The molecule has 1 aliphatic rings. The molecule has 1 atom stereocenters. The SMILES string of the molecule is CCc1ccc(C(=O)NCCC2CCNC2)cc1.Cl. The van der Waals surface area contributed by atoms with Crippen LogP contribution in [0.1, 0.15) is 35.7 Å². The molecule has 1 saturated heterocycles. The number of benzene rings is 1. The molecule has 0 bridgehead atoms. The van der Waals surface area contributed by atoms with E-state index in [4.69, 9.17) is 0 Å². The summed E-state index contributed by atoms with van der Waals surface area (Å²) in [6, 6.07) is 7.86. The van der Waals surface area contributed by atoms with Crippen LogP contribution in [-0.2, 0) is 6.42 Å². The maximum absolute atomic E-state index is 11.9. The monoisotopic (exact) mass is 282 g/mol. The topological polar surface area (TPSA) is 41.1 Å². The molecule has 106 valence electrons. The van der Waals surface area contributed by atoms with Crippen LogP contribution in [0.2, 0.25) is 0 Å². The van der Waals surface area contributed by atoms with Crippen LogP contribution in [0.4, 0.5) is 0 Å². The van der Waals surface area contributed by atoms with Crippen LogP contribution in [0.3, 0.4) is 0 Å². The highest BCUT2D eigenvalue weighted by Crippen LogP contribution is 2.11. The molecule has 1 aromatic carbocycles. The van der Waals surface area contributed by atoms with Crippen LogP contribution in [0.25, 0.3) is 0 Å². The first-order chi connectivity index (χ1) is 8.79. The first-order valence-corrected chi connectivity index (χ1v) is 6.87. The van der Waals surface area contributed by atoms with E-state index in [-0.39, 0.29) is 18.3 Å². The van der Waals surface area contributed by atoms with Crippen LogP contribution in [0.15, 0.2) is 24.3 Å². The van der Waals surface area contributed by atoms with Crippen LogP contribution in [0.5, 0.6) is 0 Å². The van der Waals surface area contributed by atoms with E-state index in [0.717, 1.165) is 44.0 Å². The van der Waals surface area contributed by atoms with E-state index in [1.54, 1.807) is 0 Å². The molecule has 1 aromatic rings. The average molecular weight is 283 g/mol. The zero-order chi connectivity index (χ0) is 12.8. The highest BCUT2D eigenvalue weighted by atomic mass is 35.5. The van der Waals surface area contributed by atoms with Crippen LogP contribution < -0.4 is 10.6 Å². The zero-order valence-electron chi connectivity index (χ0n) is 11.4. The van der Waals surface area contributed by atoms with Crippen molar-refractivity contribution in [2.75, 3.05) is 19.6 Å². The second kappa shape index (κ2) is 8.18. The third kappa shape index (κ3) is 4.84. The van der Waals surface area contributed by atoms with E-state index in [1.807, 2.05) is 24.3 Å². The van der Waals surface area contributed by atoms with Crippen molar-refractivity contribution >= 4 is 18.3 Å². The van der Waals surface area contributed by atoms with Gasteiger partial charge in [-0.1, -0.05) is 19.1 Å². The molecule has 0 aliphatic carbocycles. The predicted molar refractivity (Wildman–Crippen MR) is 81.0 cm³/mol. The minimum atomic E-state index is 0. The van der Waals surface area contributed by atoms with E-state index in [2.05, 4.69) is 17.6 Å². The largest absolute Gasteiger partial charge is 0.352 e. The summed E-state index contributed by atoms with van der Waals surface area (Å²) in [6.45, 7) is 5.11. The molecule has 0 aromatic heterocycles. The molecule has 1 unspecified atom stereocenters. The van der Waals surface area contributed by atoms with Gasteiger partial charge in [0, 0.05) is 12.1 Å². The summed E-state index contributed by atoms with van der Waals surface area (Å²) in [5.41, 5.74) is 2.03. The maximum Gasteiger partial charge on any atom is 0.251 e. The summed E-state index contributed by atoms with van der Waals surface area (Å²) in [7, 11) is 0. The molecule has 1 fully saturated rings. The van der Waals surface area contributed by atoms with E-state index >= 15 is 0 Å². The van der Waals surface area contributed by atoms with Crippen molar-refractivity contribution in [3.05, 3.63) is 35.4 Å². The Balaban J connectivity index is 0.00000180. The molecule has 1 amide bonds. The fraction of sp³-hybridized carbons (Fsp3) is 0.533. The van der Waals surface area contributed by atoms with Gasteiger partial charge in [-0.3, -0.25) is 4.79 Å². The molecular formula is C15H23ClN2O. The second-order valence-corrected chi connectivity index (χ2v) is 4.95. The Morgan fingerprint density at radius 1 is 1.37 bits per heavy atom. The number of hydrogen-bond donors (Lipinski definition) is 2. The van der Waals surface area contributed by atoms with E-state index in [0.29, 0.717) is 0 Å². The van der Waals surface area contributed by atoms with Gasteiger partial charge in [-0.25, -0.2) is 0 Å². The Morgan fingerprint density at radius 3 is 2.68 bits per heavy atom. The first kappa shape index (κ1) is 16.0. The third-order valence-electron chi connectivity index (χ3n) is 3.62. The van der Waals surface area contributed by atoms with Gasteiger partial charge in [0.2, 0.25) is 0 Å². The van der Waals surface area contributed by atoms with Crippen LogP contribution in [0, 0.1) is 5.92 Å². The van der Waals surface area contributed by atoms with Crippen molar-refractivity contribution < 1.29 is 4.79 Å². The number of rotatable bonds is 5. The highest BCUT2D eigenvalue weighted by Gasteiger charge is 2.14. The summed E-state index contributed by atoms with van der Waals surface area (Å²) >= 11 is 0. The summed E-state index contributed by atoms with van der Waals surface area (Å²) in [4.78, 5) is 11.9. The summed E-state index contributed by atoms with van der Waals surface area (Å²) in [6.07, 6.45) is 3.32. The Bertz CT molecular complexity index is 386. The van der Waals surface area contributed by atoms with E-state index in [1.165, 1.54) is 12.0 Å². The smallest absolute Gasteiger partial charge is 0.251 e. The molecular weight excluding hydrogens is 260 g/mol. The van der Waals surface area contributed by atoms with Gasteiger partial charge in [0.15, 0.2) is 0 Å². The number of hydrogen-bond acceptors (Lipinski definition) is 2. The Hall–Kier alpha value is -1.06. The second-order valence-electron chi connectivity index (χ2n) is 4.95. The van der Waals surface area contributed by atoms with Gasteiger partial charge >= 0.3 is 0 Å². The summed E-state index contributed by atoms with van der Waals surface area (Å²) in [5, 5.41) is 6.34. The van der Waals surface area contributed by atoms with Crippen LogP contribution in [-0.4, -0.2) is 25.5 Å². The third-order valence-corrected chi connectivity index (χ3v) is 3.62. The molecule has 1 heterocycles. The number of carbonyl (C=O) groups is 1. The minimum absolute atomic E-state index is 0. The predicted octanol–water partition coefficient (Wildman–Crippen LogP) is 2.40. The number of halogens is 1. The average Bonchev–Trinajstić information content (AvgIpc) is 2.92. The molecule has 0 radical (unpaired) electrons. The fourth-order valence-electron chi connectivity index (χ4n) is 2.34. The first-order valence-electron chi connectivity index (χ1n) is 6.87. The van der Waals surface area contributed by atoms with E-state index < -0.39 is 0 Å². The summed E-state index contributed by atoms with van der Waals surface area (Å²) in [5.74, 6) is 0.774. The number of amides is 1. The van der Waals surface area contributed by atoms with Gasteiger partial charge in [0.25, 0.3) is 5.91 Å². The van der Waals surface area contributed by atoms with Gasteiger partial charge in [-0.05, 0) is 56.0 Å². The van der Waals surface area contributed by atoms with E-state index in [9.17, 15) is 4.79 Å². The maximum atomic E-state index is 11.9. The number of carbonyl (C=O) groups excluding carboxylic acids is 1. The van der Waals surface area contributed by atoms with Crippen molar-refractivity contribution in [3.8, 4) is 0 Å². The van der Waals surface area contributed by atoms with Gasteiger partial charge < -0.3 is 10.6 Å². The molecule has 19 heavy (non-hydrogen) atoms. The van der Waals surface area contributed by atoms with Gasteiger partial charge in [-0.15, -0.1) is 12.4 Å². The molecule has 0 spiro atoms. The minimum Gasteiger partial charge on any atom is -0.352 e. The Labute approximate surface area is 121 Å². The molecule has 1 aliphatic heterocycles. The van der Waals surface area contributed by atoms with Crippen LogP contribution >= 0.6 is 12.4 Å². The lowest BCUT2D eigenvalue weighted by atomic mass is 10.1. The lowest BCUT2D eigenvalue weighted by molar-refractivity contribution is 0.0951. The van der Waals surface area contributed by atoms with Crippen molar-refractivity contribution in [2.24, 2.45) is 5.92 Å². The summed E-state index contributed by atoms with van der Waals surface area (Å²) < 4.78 is 0. The van der Waals surface area contributed by atoms with Gasteiger partial charge in [-0.2, -0.15) is 0 Å². The molecule has 4 heteroatoms. The Morgan fingerprint density at radius 2 is 2.11 bits per heavy atom. The lowest BCUT2D eigenvalue weighted by Gasteiger charge is -2.09. The fourth-order valence-corrected chi connectivity index (χ4v) is 2.34. The Kier molecular flexibility index (Phi) is 6.89.